The van der Waals surface area contributed by atoms with Gasteiger partial charge >= 0.3 is 6.09 Å². The monoisotopic (exact) mass is 533 g/mol. The lowest BCUT2D eigenvalue weighted by Crippen LogP contribution is -2.67. The first-order valence-corrected chi connectivity index (χ1v) is 11.9. The van der Waals surface area contributed by atoms with Gasteiger partial charge in [-0.05, 0) is 20.8 Å². The second kappa shape index (κ2) is 11.3. The van der Waals surface area contributed by atoms with Crippen LogP contribution in [0.25, 0.3) is 11.2 Å². The SMILES string of the molecule is CC(C)(C)OC(=O)N[C@H](Cc1cnc[nH]1)C(=O)N[C@@H]1[C@@H](O)[C@H](O)[C@@H](Nc2ncnc3nc[nH]c23)O[C@H]1CO. The fourth-order valence-corrected chi connectivity index (χ4v) is 3.97. The fraction of sp³-hybridized carbons (Fsp3) is 0.545. The molecule has 6 atom stereocenters. The number of aliphatic hydroxyl groups excluding tert-OH is 3. The van der Waals surface area contributed by atoms with Crippen LogP contribution in [0.4, 0.5) is 10.6 Å². The maximum absolute atomic E-state index is 13.3. The highest BCUT2D eigenvalue weighted by atomic mass is 16.6. The summed E-state index contributed by atoms with van der Waals surface area (Å²) in [6.45, 7) is 4.45. The summed E-state index contributed by atoms with van der Waals surface area (Å²) in [6.07, 6.45) is -0.606. The third-order valence-electron chi connectivity index (χ3n) is 5.73. The minimum Gasteiger partial charge on any atom is -0.444 e. The number of carbonyl (C=O) groups excluding carboxylic acids is 2. The number of rotatable bonds is 8. The Morgan fingerprint density at radius 2 is 1.95 bits per heavy atom. The number of H-pyrrole nitrogens is 2. The van der Waals surface area contributed by atoms with E-state index in [1.54, 1.807) is 20.8 Å². The van der Waals surface area contributed by atoms with Crippen molar-refractivity contribution in [3.05, 3.63) is 30.9 Å². The Kier molecular flexibility index (Phi) is 8.05. The van der Waals surface area contributed by atoms with Gasteiger partial charge in [-0.3, -0.25) is 4.79 Å². The quantitative estimate of drug-likeness (QED) is 0.166. The molecular weight excluding hydrogens is 502 g/mol. The Morgan fingerprint density at radius 3 is 2.63 bits per heavy atom. The van der Waals surface area contributed by atoms with Gasteiger partial charge in [-0.1, -0.05) is 0 Å². The Morgan fingerprint density at radius 1 is 1.16 bits per heavy atom. The Labute approximate surface area is 216 Å². The average Bonchev–Trinajstić information content (AvgIpc) is 3.54. The van der Waals surface area contributed by atoms with Gasteiger partial charge in [-0.25, -0.2) is 24.7 Å². The van der Waals surface area contributed by atoms with E-state index in [1.165, 1.54) is 25.2 Å². The number of aromatic nitrogens is 6. The van der Waals surface area contributed by atoms with Crippen LogP contribution in [0.2, 0.25) is 0 Å². The van der Waals surface area contributed by atoms with Gasteiger partial charge in [0, 0.05) is 18.3 Å². The standard InChI is InChI=1S/C22H31N9O7/c1-22(2,3)38-21(36)29-11(4-10-5-23-7-24-10)19(35)30-13-12(6-32)37-20(16(34)15(13)33)31-18-14-17(26-8-25-14)27-9-28-18/h5,7-9,11-13,15-16,20,32-34H,4,6H2,1-3H3,(H,23,24)(H,29,36)(H,30,35)(H2,25,26,27,28,31)/t11-,12+,13+,15-,16+,20+/m1/s1. The molecule has 0 aromatic carbocycles. The molecule has 4 rings (SSSR count). The second-order valence-electron chi connectivity index (χ2n) is 9.74. The number of hydrogen-bond donors (Lipinski definition) is 8. The molecule has 1 fully saturated rings. The molecule has 0 unspecified atom stereocenters. The number of nitrogens with zero attached hydrogens (tertiary/aromatic N) is 4. The molecule has 0 aliphatic carbocycles. The van der Waals surface area contributed by atoms with Crippen molar-refractivity contribution in [2.24, 2.45) is 0 Å². The van der Waals surface area contributed by atoms with E-state index < -0.39 is 60.8 Å². The van der Waals surface area contributed by atoms with Crippen LogP contribution >= 0.6 is 0 Å². The zero-order chi connectivity index (χ0) is 27.4. The Hall–Kier alpha value is -3.86. The van der Waals surface area contributed by atoms with Gasteiger partial charge in [0.25, 0.3) is 0 Å². The summed E-state index contributed by atoms with van der Waals surface area (Å²) in [6, 6.07) is -2.36. The fourth-order valence-electron chi connectivity index (χ4n) is 3.97. The number of fused-ring (bicyclic) bond motifs is 1. The lowest BCUT2D eigenvalue weighted by Gasteiger charge is -2.43. The number of alkyl carbamates (subject to hydrolysis) is 1. The number of aromatic amines is 2. The molecule has 0 radical (unpaired) electrons. The molecule has 8 N–H and O–H groups in total. The van der Waals surface area contributed by atoms with Crippen LogP contribution in [0.15, 0.2) is 25.2 Å². The predicted octanol–water partition coefficient (Wildman–Crippen LogP) is -1.45. The first-order valence-electron chi connectivity index (χ1n) is 11.9. The lowest BCUT2D eigenvalue weighted by atomic mass is 9.94. The first-order chi connectivity index (χ1) is 18.1. The second-order valence-corrected chi connectivity index (χ2v) is 9.74. The van der Waals surface area contributed by atoms with Crippen molar-refractivity contribution in [1.29, 1.82) is 0 Å². The summed E-state index contributed by atoms with van der Waals surface area (Å²) in [5.41, 5.74) is 0.577. The largest absolute Gasteiger partial charge is 0.444 e. The molecule has 3 aromatic heterocycles. The molecule has 16 heteroatoms. The number of imidazole rings is 2. The van der Waals surface area contributed by atoms with Crippen LogP contribution in [0.3, 0.4) is 0 Å². The van der Waals surface area contributed by atoms with Crippen LogP contribution in [-0.2, 0) is 20.7 Å². The molecule has 1 saturated heterocycles. The molecule has 206 valence electrons. The van der Waals surface area contributed by atoms with E-state index in [9.17, 15) is 24.9 Å². The van der Waals surface area contributed by atoms with E-state index >= 15 is 0 Å². The van der Waals surface area contributed by atoms with Crippen LogP contribution in [0.1, 0.15) is 26.5 Å². The van der Waals surface area contributed by atoms with E-state index in [1.807, 2.05) is 0 Å². The smallest absolute Gasteiger partial charge is 0.408 e. The predicted molar refractivity (Wildman–Crippen MR) is 130 cm³/mol. The maximum Gasteiger partial charge on any atom is 0.408 e. The lowest BCUT2D eigenvalue weighted by molar-refractivity contribution is -0.185. The van der Waals surface area contributed by atoms with Crippen molar-refractivity contribution in [1.82, 2.24) is 40.5 Å². The van der Waals surface area contributed by atoms with E-state index in [4.69, 9.17) is 9.47 Å². The first kappa shape index (κ1) is 27.2. The topological polar surface area (TPSA) is 233 Å². The molecule has 0 bridgehead atoms. The van der Waals surface area contributed by atoms with Crippen LogP contribution in [0.5, 0.6) is 0 Å². The van der Waals surface area contributed by atoms with E-state index in [0.717, 1.165) is 0 Å². The third kappa shape index (κ3) is 6.34. The van der Waals surface area contributed by atoms with Gasteiger partial charge in [-0.2, -0.15) is 0 Å². The van der Waals surface area contributed by atoms with Crippen molar-refractivity contribution in [3.8, 4) is 0 Å². The van der Waals surface area contributed by atoms with Crippen LogP contribution < -0.4 is 16.0 Å². The number of hydrogen-bond acceptors (Lipinski definition) is 12. The number of nitrogens with one attached hydrogen (secondary N) is 5. The number of aliphatic hydroxyl groups is 3. The molecule has 2 amide bonds. The molecular formula is C22H31N9O7. The maximum atomic E-state index is 13.3. The van der Waals surface area contributed by atoms with Gasteiger partial charge in [0.2, 0.25) is 5.91 Å². The number of carbonyl (C=O) groups is 2. The minimum atomic E-state index is -1.56. The Bertz CT molecular complexity index is 1230. The summed E-state index contributed by atoms with van der Waals surface area (Å²) in [5, 5.41) is 39.6. The molecule has 1 aliphatic rings. The number of amides is 2. The zero-order valence-electron chi connectivity index (χ0n) is 21.0. The Balaban J connectivity index is 1.47. The highest BCUT2D eigenvalue weighted by molar-refractivity contribution is 5.86. The van der Waals surface area contributed by atoms with Gasteiger partial charge < -0.3 is 50.7 Å². The highest BCUT2D eigenvalue weighted by Gasteiger charge is 2.46. The summed E-state index contributed by atoms with van der Waals surface area (Å²) in [5.74, 6) is -0.450. The average molecular weight is 534 g/mol. The molecule has 3 aromatic rings. The van der Waals surface area contributed by atoms with E-state index in [2.05, 4.69) is 45.9 Å². The van der Waals surface area contributed by atoms with Gasteiger partial charge in [0.05, 0.1) is 25.3 Å². The van der Waals surface area contributed by atoms with E-state index in [-0.39, 0.29) is 12.2 Å². The van der Waals surface area contributed by atoms with Gasteiger partial charge in [-0.15, -0.1) is 0 Å². The normalized spacial score (nSPS) is 24.5. The van der Waals surface area contributed by atoms with Crippen LogP contribution in [0, 0.1) is 0 Å². The van der Waals surface area contributed by atoms with Crippen molar-refractivity contribution < 1.29 is 34.4 Å². The highest BCUT2D eigenvalue weighted by Crippen LogP contribution is 2.24. The van der Waals surface area contributed by atoms with Crippen molar-refractivity contribution in [2.45, 2.75) is 69.4 Å². The van der Waals surface area contributed by atoms with Gasteiger partial charge in [0.15, 0.2) is 17.7 Å². The van der Waals surface area contributed by atoms with Crippen LogP contribution in [-0.4, -0.2) is 106 Å². The molecule has 0 spiro atoms. The van der Waals surface area contributed by atoms with E-state index in [0.29, 0.717) is 16.9 Å². The summed E-state index contributed by atoms with van der Waals surface area (Å²) in [7, 11) is 0. The van der Waals surface area contributed by atoms with Crippen molar-refractivity contribution >= 4 is 29.0 Å². The molecule has 1 aliphatic heterocycles. The molecule has 0 saturated carbocycles. The molecule has 38 heavy (non-hydrogen) atoms. The van der Waals surface area contributed by atoms with Gasteiger partial charge in [0.1, 0.15) is 41.8 Å². The molecule has 4 heterocycles. The zero-order valence-corrected chi connectivity index (χ0v) is 21.0. The number of ether oxygens (including phenoxy) is 2. The summed E-state index contributed by atoms with van der Waals surface area (Å²) in [4.78, 5) is 47.4. The summed E-state index contributed by atoms with van der Waals surface area (Å²) >= 11 is 0. The summed E-state index contributed by atoms with van der Waals surface area (Å²) < 4.78 is 11.1. The minimum absolute atomic E-state index is 0.0270. The number of anilines is 1. The molecule has 16 nitrogen and oxygen atoms in total. The van der Waals surface area contributed by atoms with Crippen molar-refractivity contribution in [2.75, 3.05) is 11.9 Å². The van der Waals surface area contributed by atoms with Crippen molar-refractivity contribution in [3.63, 3.8) is 0 Å². The third-order valence-corrected chi connectivity index (χ3v) is 5.73.